The van der Waals surface area contributed by atoms with Gasteiger partial charge in [-0.15, -0.1) is 0 Å². The lowest BCUT2D eigenvalue weighted by atomic mass is 9.84. The first-order chi connectivity index (χ1) is 28.2. The summed E-state index contributed by atoms with van der Waals surface area (Å²) in [5.74, 6) is 0.622. The van der Waals surface area contributed by atoms with Crippen molar-refractivity contribution in [2.75, 3.05) is 0 Å². The number of rotatable bonds is 14. The maximum Gasteiger partial charge on any atom is 0.0130 e. The Labute approximate surface area is 339 Å². The smallest absolute Gasteiger partial charge is 0.0130 e. The predicted molar refractivity (Wildman–Crippen MR) is 244 cm³/mol. The van der Waals surface area contributed by atoms with E-state index in [-0.39, 0.29) is 5.92 Å². The van der Waals surface area contributed by atoms with Crippen molar-refractivity contribution in [1.29, 1.82) is 0 Å². The molecule has 0 spiro atoms. The van der Waals surface area contributed by atoms with Gasteiger partial charge < -0.3 is 0 Å². The normalized spacial score (nSPS) is 12.5. The van der Waals surface area contributed by atoms with E-state index in [1.165, 1.54) is 66.8 Å². The van der Waals surface area contributed by atoms with E-state index in [0.717, 1.165) is 19.3 Å². The zero-order valence-electron chi connectivity index (χ0n) is 32.4. The summed E-state index contributed by atoms with van der Waals surface area (Å²) in [5, 5.41) is 0. The minimum absolute atomic E-state index is 0.253. The van der Waals surface area contributed by atoms with E-state index in [4.69, 9.17) is 0 Å². The molecular formula is C57H48. The van der Waals surface area contributed by atoms with E-state index in [1.807, 2.05) is 0 Å². The molecule has 0 aromatic heterocycles. The van der Waals surface area contributed by atoms with Crippen LogP contribution < -0.4 is 0 Å². The van der Waals surface area contributed by atoms with Crippen molar-refractivity contribution >= 4 is 24.3 Å². The van der Waals surface area contributed by atoms with Crippen molar-refractivity contribution < 1.29 is 0 Å². The molecule has 0 heterocycles. The molecule has 0 saturated carbocycles. The highest BCUT2D eigenvalue weighted by atomic mass is 14.2. The number of hydrogen-bond acceptors (Lipinski definition) is 0. The molecule has 0 N–H and O–H groups in total. The first-order valence-electron chi connectivity index (χ1n) is 20.2. The SMILES string of the molecule is C(=C\c1ccc(CC(Cc2ccccc2)c2ccc(-c3ccc(C(Cc4ccccc4)c4ccc(/C=C/c5ccccc5)cc4)cc3)cc2)cc1)/c1ccccc1. The molecular weight excluding hydrogens is 685 g/mol. The monoisotopic (exact) mass is 732 g/mol. The highest BCUT2D eigenvalue weighted by molar-refractivity contribution is 5.71. The van der Waals surface area contributed by atoms with Gasteiger partial charge in [-0.3, -0.25) is 0 Å². The Bertz CT molecular complexity index is 2460. The van der Waals surface area contributed by atoms with Gasteiger partial charge in [0.05, 0.1) is 0 Å². The van der Waals surface area contributed by atoms with Crippen LogP contribution in [0, 0.1) is 0 Å². The van der Waals surface area contributed by atoms with Crippen LogP contribution in [0.4, 0.5) is 0 Å². The van der Waals surface area contributed by atoms with Crippen molar-refractivity contribution in [2.45, 2.75) is 31.1 Å². The fourth-order valence-corrected chi connectivity index (χ4v) is 7.74. The molecule has 0 nitrogen and oxygen atoms in total. The van der Waals surface area contributed by atoms with Gasteiger partial charge in [-0.1, -0.05) is 243 Å². The third-order valence-corrected chi connectivity index (χ3v) is 11.0. The maximum absolute atomic E-state index is 2.35. The van der Waals surface area contributed by atoms with Crippen LogP contribution in [-0.4, -0.2) is 0 Å². The molecule has 0 bridgehead atoms. The van der Waals surface area contributed by atoms with Crippen LogP contribution >= 0.6 is 0 Å². The summed E-state index contributed by atoms with van der Waals surface area (Å²) in [6.45, 7) is 0. The summed E-state index contributed by atoms with van der Waals surface area (Å²) < 4.78 is 0. The van der Waals surface area contributed by atoms with Gasteiger partial charge in [0.1, 0.15) is 0 Å². The average Bonchev–Trinajstić information content (AvgIpc) is 3.29. The molecule has 0 saturated heterocycles. The highest BCUT2D eigenvalue weighted by Crippen LogP contribution is 2.33. The molecule has 8 rings (SSSR count). The van der Waals surface area contributed by atoms with Crippen molar-refractivity contribution in [3.63, 3.8) is 0 Å². The minimum Gasteiger partial charge on any atom is -0.0622 e. The second kappa shape index (κ2) is 18.7. The van der Waals surface area contributed by atoms with Crippen LogP contribution in [0.3, 0.4) is 0 Å². The van der Waals surface area contributed by atoms with Gasteiger partial charge in [0, 0.05) is 5.92 Å². The van der Waals surface area contributed by atoms with Crippen LogP contribution in [0.25, 0.3) is 35.4 Å². The number of hydrogen-bond donors (Lipinski definition) is 0. The van der Waals surface area contributed by atoms with Crippen LogP contribution in [0.5, 0.6) is 0 Å². The Kier molecular flexibility index (Phi) is 12.2. The van der Waals surface area contributed by atoms with E-state index < -0.39 is 0 Å². The summed E-state index contributed by atoms with van der Waals surface area (Å²) in [4.78, 5) is 0. The third-order valence-electron chi connectivity index (χ3n) is 11.0. The maximum atomic E-state index is 2.35. The van der Waals surface area contributed by atoms with Crippen LogP contribution in [0.15, 0.2) is 218 Å². The zero-order chi connectivity index (χ0) is 38.5. The van der Waals surface area contributed by atoms with Gasteiger partial charge in [0.25, 0.3) is 0 Å². The van der Waals surface area contributed by atoms with Gasteiger partial charge in [-0.25, -0.2) is 0 Å². The van der Waals surface area contributed by atoms with Gasteiger partial charge >= 0.3 is 0 Å². The molecule has 0 heteroatoms. The second-order valence-corrected chi connectivity index (χ2v) is 15.0. The molecule has 8 aromatic rings. The van der Waals surface area contributed by atoms with Crippen LogP contribution in [0.2, 0.25) is 0 Å². The summed E-state index contributed by atoms with van der Waals surface area (Å²) in [7, 11) is 0. The minimum atomic E-state index is 0.253. The van der Waals surface area contributed by atoms with Crippen molar-refractivity contribution in [3.8, 4) is 11.1 Å². The predicted octanol–water partition coefficient (Wildman–Crippen LogP) is 14.6. The van der Waals surface area contributed by atoms with E-state index in [1.54, 1.807) is 0 Å². The topological polar surface area (TPSA) is 0 Å². The quantitative estimate of drug-likeness (QED) is 0.0977. The summed E-state index contributed by atoms with van der Waals surface area (Å²) >= 11 is 0. The fourth-order valence-electron chi connectivity index (χ4n) is 7.74. The van der Waals surface area contributed by atoms with Gasteiger partial charge in [-0.2, -0.15) is 0 Å². The lowest BCUT2D eigenvalue weighted by Crippen LogP contribution is -2.07. The van der Waals surface area contributed by atoms with Gasteiger partial charge in [0.15, 0.2) is 0 Å². The Morgan fingerprint density at radius 1 is 0.263 bits per heavy atom. The lowest BCUT2D eigenvalue weighted by molar-refractivity contribution is 0.680. The van der Waals surface area contributed by atoms with Crippen LogP contribution in [-0.2, 0) is 19.3 Å². The first kappa shape index (κ1) is 37.2. The number of benzene rings is 8. The zero-order valence-corrected chi connectivity index (χ0v) is 32.4. The second-order valence-electron chi connectivity index (χ2n) is 15.0. The highest BCUT2D eigenvalue weighted by Gasteiger charge is 2.17. The molecule has 0 radical (unpaired) electrons. The molecule has 2 unspecified atom stereocenters. The van der Waals surface area contributed by atoms with E-state index in [0.29, 0.717) is 5.92 Å². The van der Waals surface area contributed by atoms with Gasteiger partial charge in [-0.05, 0) is 91.9 Å². The van der Waals surface area contributed by atoms with Crippen LogP contribution in [0.1, 0.15) is 67.5 Å². The average molecular weight is 733 g/mol. The summed E-state index contributed by atoms with van der Waals surface area (Å²) in [6, 6.07) is 79.4. The molecule has 0 aliphatic carbocycles. The molecule has 0 aliphatic heterocycles. The van der Waals surface area contributed by atoms with Crippen molar-refractivity contribution in [1.82, 2.24) is 0 Å². The molecule has 57 heavy (non-hydrogen) atoms. The third kappa shape index (κ3) is 10.3. The standard InChI is InChI=1S/C57H48/c1-5-13-44(14-6-1)21-23-46-25-27-50(28-26-46)42-56(41-48-17-9-3-10-18-48)53-35-33-51(34-36-53)52-37-39-55(40-38-52)57(43-49-19-11-4-12-20-49)54-31-29-47(30-32-54)24-22-45-15-7-2-8-16-45/h1-40,56-57H,41-43H2/b23-21+,24-22+. The van der Waals surface area contributed by atoms with Crippen molar-refractivity contribution in [3.05, 3.63) is 274 Å². The first-order valence-corrected chi connectivity index (χ1v) is 20.2. The fraction of sp³-hybridized carbons (Fsp3) is 0.0877. The largest absolute Gasteiger partial charge is 0.0622 e. The molecule has 0 aliphatic rings. The molecule has 0 fully saturated rings. The lowest BCUT2D eigenvalue weighted by Gasteiger charge is -2.20. The van der Waals surface area contributed by atoms with E-state index in [9.17, 15) is 0 Å². The molecule has 276 valence electrons. The van der Waals surface area contributed by atoms with Crippen molar-refractivity contribution in [2.24, 2.45) is 0 Å². The van der Waals surface area contributed by atoms with E-state index in [2.05, 4.69) is 243 Å². The summed E-state index contributed by atoms with van der Waals surface area (Å²) in [6.07, 6.45) is 11.7. The summed E-state index contributed by atoms with van der Waals surface area (Å²) in [5.41, 5.74) is 15.4. The molecule has 2 atom stereocenters. The van der Waals surface area contributed by atoms with Gasteiger partial charge in [0.2, 0.25) is 0 Å². The van der Waals surface area contributed by atoms with E-state index >= 15 is 0 Å². The Morgan fingerprint density at radius 3 is 1.02 bits per heavy atom. The molecule has 8 aromatic carbocycles. The molecule has 0 amide bonds. The Morgan fingerprint density at radius 2 is 0.579 bits per heavy atom. The Hall–Kier alpha value is -6.76. The Balaban J connectivity index is 0.995.